The molecule has 34 heavy (non-hydrogen) atoms. The predicted molar refractivity (Wildman–Crippen MR) is 127 cm³/mol. The lowest BCUT2D eigenvalue weighted by atomic mass is 10.0. The van der Waals surface area contributed by atoms with Crippen LogP contribution in [0.4, 0.5) is 5.82 Å². The Bertz CT molecular complexity index is 1410. The summed E-state index contributed by atoms with van der Waals surface area (Å²) in [5, 5.41) is 10.3. The van der Waals surface area contributed by atoms with E-state index in [-0.39, 0.29) is 11.8 Å². The number of nitrogens with two attached hydrogens (primary N) is 1. The zero-order chi connectivity index (χ0) is 24.0. The molecule has 172 valence electrons. The van der Waals surface area contributed by atoms with Gasteiger partial charge in [0.1, 0.15) is 17.2 Å². The van der Waals surface area contributed by atoms with Crippen LogP contribution in [0.3, 0.4) is 0 Å². The zero-order valence-electron chi connectivity index (χ0n) is 18.7. The minimum absolute atomic E-state index is 0.136. The van der Waals surface area contributed by atoms with Crippen LogP contribution in [-0.2, 0) is 0 Å². The van der Waals surface area contributed by atoms with E-state index in [4.69, 9.17) is 5.73 Å². The number of nitrogens with zero attached hydrogens (tertiary/aromatic N) is 5. The molecule has 10 nitrogen and oxygen atoms in total. The number of amides is 2. The number of aromatic amines is 1. The number of nitrogen functional groups attached to an aromatic ring is 1. The molecule has 1 saturated heterocycles. The van der Waals surface area contributed by atoms with Crippen LogP contribution < -0.4 is 5.73 Å². The normalized spacial score (nSPS) is 13.7. The molecule has 4 aromatic heterocycles. The molecule has 4 N–H and O–H groups in total. The number of β-amino-alcohol motifs (C(OH)–C–C–N with tert-alkyl or cyclic N) is 1. The fourth-order valence-corrected chi connectivity index (χ4v) is 3.95. The van der Waals surface area contributed by atoms with Gasteiger partial charge in [-0.1, -0.05) is 0 Å². The van der Waals surface area contributed by atoms with Crippen LogP contribution >= 0.6 is 0 Å². The van der Waals surface area contributed by atoms with Crippen LogP contribution in [0.15, 0.2) is 48.9 Å². The van der Waals surface area contributed by atoms with Crippen molar-refractivity contribution in [2.45, 2.75) is 6.10 Å². The number of likely N-dealkylation sites (tertiary alicyclic amines) is 1. The lowest BCUT2D eigenvalue weighted by molar-refractivity contribution is 0.00557. The first kappa shape index (κ1) is 21.5. The second-order valence-corrected chi connectivity index (χ2v) is 8.46. The van der Waals surface area contributed by atoms with Crippen LogP contribution in [0.5, 0.6) is 0 Å². The number of aromatic nitrogens is 4. The van der Waals surface area contributed by atoms with E-state index < -0.39 is 6.10 Å². The summed E-state index contributed by atoms with van der Waals surface area (Å²) in [5.41, 5.74) is 10.5. The van der Waals surface area contributed by atoms with Crippen molar-refractivity contribution >= 4 is 28.7 Å². The summed E-state index contributed by atoms with van der Waals surface area (Å²) in [6.07, 6.45) is 4.37. The van der Waals surface area contributed by atoms with Gasteiger partial charge in [-0.05, 0) is 35.9 Å². The highest BCUT2D eigenvalue weighted by Gasteiger charge is 2.30. The summed E-state index contributed by atoms with van der Waals surface area (Å²) in [6, 6.07) is 8.94. The number of aliphatic hydroxyl groups is 1. The lowest BCUT2D eigenvalue weighted by Gasteiger charge is -2.35. The molecule has 0 saturated carbocycles. The van der Waals surface area contributed by atoms with Crippen molar-refractivity contribution in [2.75, 3.05) is 32.9 Å². The standard InChI is InChI=1S/C24H23N7O3/c1-30(2)23(33)13-3-4-19(27-9-13)18-7-14(10-28-21(18)25)16-5-6-26-22-17(16)8-20(29-22)24(34)31-11-15(32)12-31/h3-10,15,32H,11-12H2,1-2H3,(H2,25,28)(H,26,29). The number of anilines is 1. The van der Waals surface area contributed by atoms with Crippen molar-refractivity contribution in [3.8, 4) is 22.4 Å². The third-order valence-electron chi connectivity index (χ3n) is 5.83. The number of fused-ring (bicyclic) bond motifs is 1. The maximum absolute atomic E-state index is 12.7. The molecule has 10 heteroatoms. The molecular formula is C24H23N7O3. The number of H-pyrrole nitrogens is 1. The largest absolute Gasteiger partial charge is 0.389 e. The highest BCUT2D eigenvalue weighted by Crippen LogP contribution is 2.33. The van der Waals surface area contributed by atoms with E-state index in [1.54, 1.807) is 49.6 Å². The Morgan fingerprint density at radius 2 is 1.88 bits per heavy atom. The van der Waals surface area contributed by atoms with Crippen LogP contribution in [0, 0.1) is 0 Å². The third-order valence-corrected chi connectivity index (χ3v) is 5.83. The minimum Gasteiger partial charge on any atom is -0.389 e. The van der Waals surface area contributed by atoms with Crippen LogP contribution in [-0.4, -0.2) is 79.9 Å². The highest BCUT2D eigenvalue weighted by molar-refractivity contribution is 6.02. The molecule has 1 aliphatic rings. The first-order chi connectivity index (χ1) is 16.3. The molecular weight excluding hydrogens is 434 g/mol. The van der Waals surface area contributed by atoms with Gasteiger partial charge in [0.2, 0.25) is 0 Å². The van der Waals surface area contributed by atoms with E-state index in [0.717, 1.165) is 16.5 Å². The Hall–Kier alpha value is -4.31. The average molecular weight is 457 g/mol. The van der Waals surface area contributed by atoms with Crippen molar-refractivity contribution < 1.29 is 14.7 Å². The Balaban J connectivity index is 1.51. The molecule has 2 amide bonds. The van der Waals surface area contributed by atoms with Gasteiger partial charge < -0.3 is 25.6 Å². The van der Waals surface area contributed by atoms with Gasteiger partial charge in [0.05, 0.1) is 17.4 Å². The first-order valence-corrected chi connectivity index (χ1v) is 10.7. The fraction of sp³-hybridized carbons (Fsp3) is 0.208. The topological polar surface area (TPSA) is 141 Å². The molecule has 0 unspecified atom stereocenters. The van der Waals surface area contributed by atoms with Gasteiger partial charge in [-0.2, -0.15) is 0 Å². The second-order valence-electron chi connectivity index (χ2n) is 8.46. The Labute approximate surface area is 195 Å². The molecule has 5 heterocycles. The van der Waals surface area contributed by atoms with Crippen LogP contribution in [0.25, 0.3) is 33.4 Å². The molecule has 0 aromatic carbocycles. The lowest BCUT2D eigenvalue weighted by Crippen LogP contribution is -2.53. The fourth-order valence-electron chi connectivity index (χ4n) is 3.95. The summed E-state index contributed by atoms with van der Waals surface area (Å²) in [7, 11) is 3.37. The smallest absolute Gasteiger partial charge is 0.270 e. The number of carbonyl (C=O) groups excluding carboxylic acids is 2. The zero-order valence-corrected chi connectivity index (χ0v) is 18.7. The average Bonchev–Trinajstić information content (AvgIpc) is 3.26. The number of carbonyl (C=O) groups is 2. The Morgan fingerprint density at radius 3 is 2.56 bits per heavy atom. The van der Waals surface area contributed by atoms with Crippen LogP contribution in [0.2, 0.25) is 0 Å². The second kappa shape index (κ2) is 8.23. The van der Waals surface area contributed by atoms with Crippen molar-refractivity contribution in [1.82, 2.24) is 29.7 Å². The maximum atomic E-state index is 12.7. The van der Waals surface area contributed by atoms with Crippen molar-refractivity contribution in [3.05, 3.63) is 60.2 Å². The quantitative estimate of drug-likeness (QED) is 0.424. The number of hydrogen-bond acceptors (Lipinski definition) is 7. The summed E-state index contributed by atoms with van der Waals surface area (Å²) in [5.74, 6) is 0.0000602. The third kappa shape index (κ3) is 3.73. The monoisotopic (exact) mass is 457 g/mol. The Morgan fingerprint density at radius 1 is 1.09 bits per heavy atom. The predicted octanol–water partition coefficient (Wildman–Crippen LogP) is 1.79. The molecule has 0 bridgehead atoms. The van der Waals surface area contributed by atoms with Gasteiger partial charge in [-0.25, -0.2) is 9.97 Å². The van der Waals surface area contributed by atoms with Crippen molar-refractivity contribution in [2.24, 2.45) is 0 Å². The van der Waals surface area contributed by atoms with E-state index in [1.165, 1.54) is 11.1 Å². The van der Waals surface area contributed by atoms with Crippen LogP contribution in [0.1, 0.15) is 20.8 Å². The summed E-state index contributed by atoms with van der Waals surface area (Å²) >= 11 is 0. The molecule has 1 fully saturated rings. The maximum Gasteiger partial charge on any atom is 0.270 e. The van der Waals surface area contributed by atoms with E-state index in [9.17, 15) is 14.7 Å². The summed E-state index contributed by atoms with van der Waals surface area (Å²) in [6.45, 7) is 0.650. The molecule has 1 aliphatic heterocycles. The molecule has 0 spiro atoms. The van der Waals surface area contributed by atoms with Crippen molar-refractivity contribution in [3.63, 3.8) is 0 Å². The minimum atomic E-state index is -0.468. The van der Waals surface area contributed by atoms with E-state index >= 15 is 0 Å². The summed E-state index contributed by atoms with van der Waals surface area (Å²) < 4.78 is 0. The molecule has 0 radical (unpaired) electrons. The molecule has 0 atom stereocenters. The Kier molecular flexibility index (Phi) is 5.21. The molecule has 5 rings (SSSR count). The number of pyridine rings is 3. The number of nitrogens with one attached hydrogen (secondary N) is 1. The first-order valence-electron chi connectivity index (χ1n) is 10.7. The van der Waals surface area contributed by atoms with Gasteiger partial charge in [0.25, 0.3) is 11.8 Å². The summed E-state index contributed by atoms with van der Waals surface area (Å²) in [4.78, 5) is 44.1. The molecule has 4 aromatic rings. The van der Waals surface area contributed by atoms with E-state index in [1.807, 2.05) is 12.1 Å². The van der Waals surface area contributed by atoms with Gasteiger partial charge in [0.15, 0.2) is 0 Å². The van der Waals surface area contributed by atoms with Crippen molar-refractivity contribution in [1.29, 1.82) is 0 Å². The SMILES string of the molecule is CN(C)C(=O)c1ccc(-c2cc(-c3ccnc4[nH]c(C(=O)N5CC(O)C5)cc34)cnc2N)nc1. The number of rotatable bonds is 4. The number of hydrogen-bond donors (Lipinski definition) is 3. The highest BCUT2D eigenvalue weighted by atomic mass is 16.3. The van der Waals surface area contributed by atoms with E-state index in [0.29, 0.717) is 47.1 Å². The van der Waals surface area contributed by atoms with Gasteiger partial charge >= 0.3 is 0 Å². The van der Waals surface area contributed by atoms with Gasteiger partial charge in [-0.15, -0.1) is 0 Å². The molecule has 0 aliphatic carbocycles. The van der Waals surface area contributed by atoms with Gasteiger partial charge in [0, 0.05) is 62.3 Å². The van der Waals surface area contributed by atoms with Gasteiger partial charge in [-0.3, -0.25) is 14.6 Å². The van der Waals surface area contributed by atoms with E-state index in [2.05, 4.69) is 19.9 Å². The number of aliphatic hydroxyl groups excluding tert-OH is 1.